The van der Waals surface area contributed by atoms with E-state index in [0.29, 0.717) is 5.69 Å². The molecule has 4 nitrogen and oxygen atoms in total. The van der Waals surface area contributed by atoms with Gasteiger partial charge >= 0.3 is 0 Å². The molecule has 0 spiro atoms. The molecule has 0 bridgehead atoms. The van der Waals surface area contributed by atoms with E-state index in [4.69, 9.17) is 15.2 Å². The minimum absolute atomic E-state index is 0.114. The lowest BCUT2D eigenvalue weighted by molar-refractivity contribution is -0.0123. The molecule has 1 aromatic rings. The van der Waals surface area contributed by atoms with Gasteiger partial charge in [0.25, 0.3) is 0 Å². The highest BCUT2D eigenvalue weighted by Crippen LogP contribution is 2.20. The lowest BCUT2D eigenvalue weighted by Crippen LogP contribution is -2.25. The summed E-state index contributed by atoms with van der Waals surface area (Å²) in [5.41, 5.74) is 7.31. The number of aliphatic hydroxyl groups excluding tert-OH is 1. The van der Waals surface area contributed by atoms with Crippen molar-refractivity contribution in [3.63, 3.8) is 0 Å². The van der Waals surface area contributed by atoms with Crippen LogP contribution in [0.3, 0.4) is 0 Å². The molecule has 0 fully saturated rings. The van der Waals surface area contributed by atoms with Gasteiger partial charge in [-0.3, -0.25) is 0 Å². The first-order valence-corrected chi connectivity index (χ1v) is 5.77. The Kier molecular flexibility index (Phi) is 5.25. The summed E-state index contributed by atoms with van der Waals surface area (Å²) in [5, 5.41) is 9.63. The van der Waals surface area contributed by atoms with Crippen LogP contribution in [0.15, 0.2) is 18.2 Å². The van der Waals surface area contributed by atoms with Crippen LogP contribution in [-0.2, 0) is 4.74 Å². The number of hydrogen-bond acceptors (Lipinski definition) is 4. The lowest BCUT2D eigenvalue weighted by Gasteiger charge is -2.15. The second-order valence-corrected chi connectivity index (χ2v) is 4.37. The maximum Gasteiger partial charge on any atom is 0.122 e. The average Bonchev–Trinajstić information content (AvgIpc) is 2.25. The number of nitrogens with two attached hydrogens (primary N) is 1. The Balaban J connectivity index is 2.39. The molecule has 0 aromatic heterocycles. The van der Waals surface area contributed by atoms with Gasteiger partial charge in [-0.05, 0) is 44.5 Å². The standard InChI is InChI=1S/C13H21NO3/c1-9(2)16-7-12(15)8-17-13-5-4-11(14)6-10(13)3/h4-6,9,12,15H,7-8,14H2,1-3H3. The van der Waals surface area contributed by atoms with Gasteiger partial charge in [0.1, 0.15) is 18.5 Å². The zero-order valence-electron chi connectivity index (χ0n) is 10.6. The minimum Gasteiger partial charge on any atom is -0.491 e. The van der Waals surface area contributed by atoms with Gasteiger partial charge in [0, 0.05) is 5.69 Å². The largest absolute Gasteiger partial charge is 0.491 e. The molecule has 0 aliphatic carbocycles. The first-order valence-electron chi connectivity index (χ1n) is 5.77. The highest BCUT2D eigenvalue weighted by atomic mass is 16.5. The number of aryl methyl sites for hydroxylation is 1. The van der Waals surface area contributed by atoms with Crippen LogP contribution in [0.2, 0.25) is 0 Å². The minimum atomic E-state index is -0.616. The molecule has 0 saturated carbocycles. The van der Waals surface area contributed by atoms with Crippen molar-refractivity contribution in [1.29, 1.82) is 0 Å². The highest BCUT2D eigenvalue weighted by Gasteiger charge is 2.08. The van der Waals surface area contributed by atoms with E-state index in [2.05, 4.69) is 0 Å². The van der Waals surface area contributed by atoms with Crippen LogP contribution >= 0.6 is 0 Å². The van der Waals surface area contributed by atoms with Gasteiger partial charge in [-0.15, -0.1) is 0 Å². The number of aliphatic hydroxyl groups is 1. The second kappa shape index (κ2) is 6.47. The van der Waals surface area contributed by atoms with E-state index in [0.717, 1.165) is 11.3 Å². The first-order chi connectivity index (χ1) is 7.99. The van der Waals surface area contributed by atoms with Crippen LogP contribution in [0.5, 0.6) is 5.75 Å². The van der Waals surface area contributed by atoms with Crippen molar-refractivity contribution in [3.8, 4) is 5.75 Å². The zero-order valence-corrected chi connectivity index (χ0v) is 10.6. The smallest absolute Gasteiger partial charge is 0.122 e. The molecule has 17 heavy (non-hydrogen) atoms. The number of benzene rings is 1. The Hall–Kier alpha value is -1.26. The second-order valence-electron chi connectivity index (χ2n) is 4.37. The molecule has 1 atom stereocenters. The Morgan fingerprint density at radius 2 is 2.00 bits per heavy atom. The van der Waals surface area contributed by atoms with Gasteiger partial charge < -0.3 is 20.3 Å². The van der Waals surface area contributed by atoms with Crippen LogP contribution in [0.25, 0.3) is 0 Å². The van der Waals surface area contributed by atoms with Crippen molar-refractivity contribution in [3.05, 3.63) is 23.8 Å². The number of hydrogen-bond donors (Lipinski definition) is 2. The molecular weight excluding hydrogens is 218 g/mol. The van der Waals surface area contributed by atoms with E-state index >= 15 is 0 Å². The van der Waals surface area contributed by atoms with Crippen LogP contribution in [0.4, 0.5) is 5.69 Å². The Labute approximate surface area is 102 Å². The number of nitrogen functional groups attached to an aromatic ring is 1. The van der Waals surface area contributed by atoms with E-state index < -0.39 is 6.10 Å². The molecule has 3 N–H and O–H groups in total. The predicted octanol–water partition coefficient (Wildman–Crippen LogP) is 1.74. The summed E-state index contributed by atoms with van der Waals surface area (Å²) in [6, 6.07) is 5.42. The third kappa shape index (κ3) is 5.06. The molecule has 0 saturated heterocycles. The molecule has 0 amide bonds. The molecule has 96 valence electrons. The van der Waals surface area contributed by atoms with Crippen molar-refractivity contribution >= 4 is 5.69 Å². The van der Waals surface area contributed by atoms with E-state index in [9.17, 15) is 5.11 Å². The molecule has 1 unspecified atom stereocenters. The van der Waals surface area contributed by atoms with E-state index in [1.165, 1.54) is 0 Å². The van der Waals surface area contributed by atoms with Crippen LogP contribution in [-0.4, -0.2) is 30.5 Å². The molecular formula is C13H21NO3. The van der Waals surface area contributed by atoms with Crippen LogP contribution in [0.1, 0.15) is 19.4 Å². The first kappa shape index (κ1) is 13.8. The Morgan fingerprint density at radius 1 is 1.29 bits per heavy atom. The quantitative estimate of drug-likeness (QED) is 0.742. The normalized spacial score (nSPS) is 12.8. The van der Waals surface area contributed by atoms with Crippen molar-refractivity contribution in [2.45, 2.75) is 33.0 Å². The van der Waals surface area contributed by atoms with Crippen molar-refractivity contribution in [2.24, 2.45) is 0 Å². The monoisotopic (exact) mass is 239 g/mol. The maximum absolute atomic E-state index is 9.63. The fourth-order valence-corrected chi connectivity index (χ4v) is 1.37. The Bertz CT molecular complexity index is 353. The average molecular weight is 239 g/mol. The van der Waals surface area contributed by atoms with Crippen LogP contribution < -0.4 is 10.5 Å². The molecule has 0 radical (unpaired) electrons. The molecule has 1 aromatic carbocycles. The molecule has 0 aliphatic heterocycles. The summed E-state index contributed by atoms with van der Waals surface area (Å²) in [7, 11) is 0. The maximum atomic E-state index is 9.63. The SMILES string of the molecule is Cc1cc(N)ccc1OCC(O)COC(C)C. The van der Waals surface area contributed by atoms with Gasteiger partial charge in [-0.2, -0.15) is 0 Å². The fourth-order valence-electron chi connectivity index (χ4n) is 1.37. The summed E-state index contributed by atoms with van der Waals surface area (Å²) >= 11 is 0. The number of ether oxygens (including phenoxy) is 2. The van der Waals surface area contributed by atoms with Gasteiger partial charge in [0.15, 0.2) is 0 Å². The summed E-state index contributed by atoms with van der Waals surface area (Å²) in [4.78, 5) is 0. The van der Waals surface area contributed by atoms with Crippen molar-refractivity contribution in [1.82, 2.24) is 0 Å². The van der Waals surface area contributed by atoms with Crippen LogP contribution in [0, 0.1) is 6.92 Å². The van der Waals surface area contributed by atoms with Gasteiger partial charge in [-0.1, -0.05) is 0 Å². The van der Waals surface area contributed by atoms with Gasteiger partial charge in [0.05, 0.1) is 12.7 Å². The third-order valence-corrected chi connectivity index (χ3v) is 2.25. The summed E-state index contributed by atoms with van der Waals surface area (Å²) in [6.45, 7) is 6.28. The summed E-state index contributed by atoms with van der Waals surface area (Å²) in [6.07, 6.45) is -0.503. The van der Waals surface area contributed by atoms with E-state index in [1.807, 2.05) is 26.8 Å². The highest BCUT2D eigenvalue weighted by molar-refractivity contribution is 5.47. The summed E-state index contributed by atoms with van der Waals surface area (Å²) < 4.78 is 10.8. The van der Waals surface area contributed by atoms with Crippen molar-refractivity contribution < 1.29 is 14.6 Å². The van der Waals surface area contributed by atoms with Crippen molar-refractivity contribution in [2.75, 3.05) is 18.9 Å². The van der Waals surface area contributed by atoms with E-state index in [1.54, 1.807) is 12.1 Å². The molecule has 0 heterocycles. The molecule has 4 heteroatoms. The fraction of sp³-hybridized carbons (Fsp3) is 0.538. The van der Waals surface area contributed by atoms with Gasteiger partial charge in [0.2, 0.25) is 0 Å². The molecule has 1 rings (SSSR count). The van der Waals surface area contributed by atoms with E-state index in [-0.39, 0.29) is 19.3 Å². The Morgan fingerprint density at radius 3 is 2.59 bits per heavy atom. The number of rotatable bonds is 6. The summed E-state index contributed by atoms with van der Waals surface area (Å²) in [5.74, 6) is 0.739. The molecule has 0 aliphatic rings. The zero-order chi connectivity index (χ0) is 12.8. The topological polar surface area (TPSA) is 64.7 Å². The number of anilines is 1. The predicted molar refractivity (Wildman–Crippen MR) is 68.2 cm³/mol. The van der Waals surface area contributed by atoms with Gasteiger partial charge in [-0.25, -0.2) is 0 Å². The third-order valence-electron chi connectivity index (χ3n) is 2.25. The lowest BCUT2D eigenvalue weighted by atomic mass is 10.2.